The van der Waals surface area contributed by atoms with Gasteiger partial charge in [0.25, 0.3) is 0 Å². The number of carbonyl (C=O) groups excluding carboxylic acids is 1. The van der Waals surface area contributed by atoms with E-state index in [9.17, 15) is 9.90 Å². The zero-order chi connectivity index (χ0) is 22.8. The molecular formula is C28H35NO3. The van der Waals surface area contributed by atoms with Crippen LogP contribution in [0.2, 0.25) is 0 Å². The zero-order valence-corrected chi connectivity index (χ0v) is 19.7. The summed E-state index contributed by atoms with van der Waals surface area (Å²) in [4.78, 5) is 16.0. The first-order valence-corrected chi connectivity index (χ1v) is 11.7. The summed E-state index contributed by atoms with van der Waals surface area (Å²) in [5.41, 5.74) is 6.33. The number of allylic oxidation sites excluding steroid dienone is 2. The van der Waals surface area contributed by atoms with Gasteiger partial charge in [-0.15, -0.1) is 0 Å². The molecule has 0 spiro atoms. The Morgan fingerprint density at radius 1 is 1.06 bits per heavy atom. The van der Waals surface area contributed by atoms with Gasteiger partial charge in [-0.1, -0.05) is 48.0 Å². The molecule has 4 rings (SSSR count). The van der Waals surface area contributed by atoms with E-state index in [4.69, 9.17) is 4.74 Å². The van der Waals surface area contributed by atoms with Crippen LogP contribution in [-0.2, 0) is 16.1 Å². The van der Waals surface area contributed by atoms with Crippen molar-refractivity contribution in [2.24, 2.45) is 11.8 Å². The first-order chi connectivity index (χ1) is 15.4. The molecular weight excluding hydrogens is 398 g/mol. The average Bonchev–Trinajstić information content (AvgIpc) is 3.10. The van der Waals surface area contributed by atoms with Gasteiger partial charge in [-0.2, -0.15) is 0 Å². The van der Waals surface area contributed by atoms with Gasteiger partial charge in [0.2, 0.25) is 0 Å². The summed E-state index contributed by atoms with van der Waals surface area (Å²) >= 11 is 0. The number of benzene rings is 2. The fourth-order valence-electron chi connectivity index (χ4n) is 5.64. The van der Waals surface area contributed by atoms with Crippen molar-refractivity contribution in [2.75, 3.05) is 20.2 Å². The monoisotopic (exact) mass is 433 g/mol. The Kier molecular flexibility index (Phi) is 6.82. The summed E-state index contributed by atoms with van der Waals surface area (Å²) in [6.07, 6.45) is 1.69. The largest absolute Gasteiger partial charge is 0.500 e. The Morgan fingerprint density at radius 3 is 2.28 bits per heavy atom. The average molecular weight is 434 g/mol. The molecule has 4 nitrogen and oxygen atoms in total. The van der Waals surface area contributed by atoms with Crippen molar-refractivity contribution >= 4 is 11.4 Å². The minimum Gasteiger partial charge on any atom is -0.500 e. The molecule has 1 N–H and O–H groups in total. The number of hydrogen-bond acceptors (Lipinski definition) is 4. The number of rotatable bonds is 6. The van der Waals surface area contributed by atoms with Crippen molar-refractivity contribution in [3.05, 3.63) is 76.0 Å². The molecule has 4 heteroatoms. The van der Waals surface area contributed by atoms with E-state index in [2.05, 4.69) is 62.1 Å². The van der Waals surface area contributed by atoms with Gasteiger partial charge in [0.1, 0.15) is 5.76 Å². The molecule has 1 heterocycles. The van der Waals surface area contributed by atoms with E-state index in [1.165, 1.54) is 11.1 Å². The van der Waals surface area contributed by atoms with Gasteiger partial charge in [0.05, 0.1) is 24.7 Å². The highest BCUT2D eigenvalue weighted by atomic mass is 16.5. The number of ketones is 1. The van der Waals surface area contributed by atoms with E-state index in [0.29, 0.717) is 12.0 Å². The number of aliphatic hydroxyl groups is 1. The van der Waals surface area contributed by atoms with Crippen molar-refractivity contribution in [1.29, 1.82) is 0 Å². The van der Waals surface area contributed by atoms with Crippen LogP contribution < -0.4 is 0 Å². The standard InChI is InChI=1S/C28H35NO3/c1-18-14-19(2)25(20(3)15-18)26-24(32-4)16-23(28(26)31)27(30)22-10-12-29(13-11-22)17-21-8-6-5-7-9-21/h5-9,14-15,22-23,27,30H,10-13,16-17H2,1-4H3. The molecule has 1 saturated heterocycles. The van der Waals surface area contributed by atoms with Crippen molar-refractivity contribution in [1.82, 2.24) is 4.90 Å². The molecule has 1 fully saturated rings. The number of carbonyl (C=O) groups is 1. The highest BCUT2D eigenvalue weighted by molar-refractivity contribution is 6.25. The Morgan fingerprint density at radius 2 is 1.69 bits per heavy atom. The molecule has 2 aromatic rings. The fraction of sp³-hybridized carbons (Fsp3) is 0.464. The normalized spacial score (nSPS) is 21.3. The van der Waals surface area contributed by atoms with Crippen LogP contribution in [0, 0.1) is 32.6 Å². The third kappa shape index (κ3) is 4.53. The Bertz CT molecular complexity index is 980. The van der Waals surface area contributed by atoms with Crippen LogP contribution in [0.3, 0.4) is 0 Å². The highest BCUT2D eigenvalue weighted by Gasteiger charge is 2.43. The summed E-state index contributed by atoms with van der Waals surface area (Å²) in [5, 5.41) is 11.3. The minimum atomic E-state index is -0.630. The minimum absolute atomic E-state index is 0.0381. The van der Waals surface area contributed by atoms with Crippen molar-refractivity contribution in [2.45, 2.75) is 52.7 Å². The summed E-state index contributed by atoms with van der Waals surface area (Å²) in [6.45, 7) is 9.01. The lowest BCUT2D eigenvalue weighted by Gasteiger charge is -2.35. The molecule has 0 bridgehead atoms. The molecule has 1 aliphatic heterocycles. The first kappa shape index (κ1) is 22.8. The molecule has 1 aliphatic carbocycles. The lowest BCUT2D eigenvalue weighted by atomic mass is 9.81. The topological polar surface area (TPSA) is 49.8 Å². The molecule has 32 heavy (non-hydrogen) atoms. The fourth-order valence-corrected chi connectivity index (χ4v) is 5.64. The Labute approximate surface area is 191 Å². The van der Waals surface area contributed by atoms with E-state index in [0.717, 1.165) is 54.9 Å². The SMILES string of the molecule is COC1=C(c2c(C)cc(C)cc2C)C(=O)C(C(O)C2CCN(Cc3ccccc3)CC2)C1. The van der Waals surface area contributed by atoms with Crippen molar-refractivity contribution in [3.8, 4) is 0 Å². The van der Waals surface area contributed by atoms with Crippen molar-refractivity contribution < 1.29 is 14.6 Å². The van der Waals surface area contributed by atoms with Crippen molar-refractivity contribution in [3.63, 3.8) is 0 Å². The third-order valence-corrected chi connectivity index (χ3v) is 7.22. The number of methoxy groups -OCH3 is 1. The van der Waals surface area contributed by atoms with Crippen LogP contribution in [0.25, 0.3) is 5.57 Å². The number of hydrogen-bond donors (Lipinski definition) is 1. The number of aliphatic hydroxyl groups excluding tert-OH is 1. The van der Waals surface area contributed by atoms with Gasteiger partial charge in [-0.3, -0.25) is 9.69 Å². The molecule has 170 valence electrons. The maximum atomic E-state index is 13.5. The summed E-state index contributed by atoms with van der Waals surface area (Å²) in [7, 11) is 1.64. The quantitative estimate of drug-likeness (QED) is 0.709. The molecule has 0 radical (unpaired) electrons. The second-order valence-electron chi connectivity index (χ2n) is 9.54. The number of likely N-dealkylation sites (tertiary alicyclic amines) is 1. The predicted molar refractivity (Wildman–Crippen MR) is 128 cm³/mol. The Hall–Kier alpha value is -2.43. The van der Waals surface area contributed by atoms with Crippen LogP contribution in [0.1, 0.15) is 47.1 Å². The van der Waals surface area contributed by atoms with E-state index >= 15 is 0 Å². The van der Waals surface area contributed by atoms with Gasteiger partial charge >= 0.3 is 0 Å². The summed E-state index contributed by atoms with van der Waals surface area (Å²) in [5.74, 6) is 0.492. The van der Waals surface area contributed by atoms with Crippen LogP contribution in [0.5, 0.6) is 0 Å². The number of aryl methyl sites for hydroxylation is 3. The van der Waals surface area contributed by atoms with Crippen LogP contribution in [0.4, 0.5) is 0 Å². The molecule has 0 amide bonds. The number of nitrogens with zero attached hydrogens (tertiary/aromatic N) is 1. The maximum Gasteiger partial charge on any atom is 0.172 e. The van der Waals surface area contributed by atoms with E-state index in [1.54, 1.807) is 7.11 Å². The summed E-state index contributed by atoms with van der Waals surface area (Å²) in [6, 6.07) is 14.7. The van der Waals surface area contributed by atoms with Gasteiger partial charge in [-0.25, -0.2) is 0 Å². The van der Waals surface area contributed by atoms with Gasteiger partial charge < -0.3 is 9.84 Å². The molecule has 0 aromatic heterocycles. The van der Waals surface area contributed by atoms with Crippen LogP contribution in [-0.4, -0.2) is 42.1 Å². The second-order valence-corrected chi connectivity index (χ2v) is 9.54. The van der Waals surface area contributed by atoms with Crippen LogP contribution in [0.15, 0.2) is 48.2 Å². The van der Waals surface area contributed by atoms with E-state index in [1.807, 2.05) is 6.07 Å². The molecule has 0 saturated carbocycles. The Balaban J connectivity index is 1.45. The number of ether oxygens (including phenoxy) is 1. The third-order valence-electron chi connectivity index (χ3n) is 7.22. The highest BCUT2D eigenvalue weighted by Crippen LogP contribution is 2.42. The first-order valence-electron chi connectivity index (χ1n) is 11.7. The lowest BCUT2D eigenvalue weighted by Crippen LogP contribution is -2.41. The number of Topliss-reactive ketones (excluding diaryl/α,β-unsaturated/α-hetero) is 1. The number of piperidine rings is 1. The summed E-state index contributed by atoms with van der Waals surface area (Å²) < 4.78 is 5.68. The van der Waals surface area contributed by atoms with Gasteiger partial charge in [0.15, 0.2) is 5.78 Å². The zero-order valence-electron chi connectivity index (χ0n) is 19.7. The second kappa shape index (κ2) is 9.60. The molecule has 2 unspecified atom stereocenters. The lowest BCUT2D eigenvalue weighted by molar-refractivity contribution is -0.121. The molecule has 2 aromatic carbocycles. The molecule has 2 aliphatic rings. The maximum absolute atomic E-state index is 13.5. The smallest absolute Gasteiger partial charge is 0.172 e. The van der Waals surface area contributed by atoms with E-state index in [-0.39, 0.29) is 11.7 Å². The van der Waals surface area contributed by atoms with Gasteiger partial charge in [0, 0.05) is 13.0 Å². The van der Waals surface area contributed by atoms with Gasteiger partial charge in [-0.05, 0) is 74.9 Å². The van der Waals surface area contributed by atoms with E-state index < -0.39 is 12.0 Å². The van der Waals surface area contributed by atoms with Crippen LogP contribution >= 0.6 is 0 Å². The molecule has 2 atom stereocenters. The predicted octanol–water partition coefficient (Wildman–Crippen LogP) is 4.83.